The van der Waals surface area contributed by atoms with Crippen molar-refractivity contribution in [1.82, 2.24) is 9.88 Å². The van der Waals surface area contributed by atoms with Crippen LogP contribution in [-0.2, 0) is 4.79 Å². The first-order valence-corrected chi connectivity index (χ1v) is 6.02. The highest BCUT2D eigenvalue weighted by Crippen LogP contribution is 2.31. The minimum absolute atomic E-state index is 0.280. The molecule has 0 aliphatic carbocycles. The van der Waals surface area contributed by atoms with E-state index in [9.17, 15) is 4.79 Å². The first-order valence-electron chi connectivity index (χ1n) is 6.02. The van der Waals surface area contributed by atoms with Crippen LogP contribution in [0.15, 0.2) is 24.5 Å². The minimum Gasteiger partial charge on any atom is -0.336 e. The number of hydrogen-bond donors (Lipinski definition) is 0. The maximum atomic E-state index is 11.9. The number of pyridine rings is 1. The largest absolute Gasteiger partial charge is 0.336 e. The Morgan fingerprint density at radius 1 is 1.50 bits per heavy atom. The summed E-state index contributed by atoms with van der Waals surface area (Å²) in [6.45, 7) is 2.96. The highest BCUT2D eigenvalue weighted by molar-refractivity contribution is 5.77. The lowest BCUT2D eigenvalue weighted by atomic mass is 10.1. The van der Waals surface area contributed by atoms with E-state index in [0.717, 1.165) is 25.8 Å². The average molecular weight is 218 g/mol. The first-order chi connectivity index (χ1) is 7.83. The van der Waals surface area contributed by atoms with Crippen LogP contribution in [-0.4, -0.2) is 22.3 Å². The van der Waals surface area contributed by atoms with Crippen molar-refractivity contribution in [3.05, 3.63) is 30.1 Å². The molecule has 0 N–H and O–H groups in total. The molecule has 1 atom stereocenters. The van der Waals surface area contributed by atoms with Gasteiger partial charge < -0.3 is 4.90 Å². The number of rotatable bonds is 3. The van der Waals surface area contributed by atoms with Gasteiger partial charge in [0.05, 0.1) is 6.04 Å². The smallest absolute Gasteiger partial charge is 0.223 e. The highest BCUT2D eigenvalue weighted by Gasteiger charge is 2.28. The van der Waals surface area contributed by atoms with Gasteiger partial charge in [0.1, 0.15) is 0 Å². The standard InChI is InChI=1S/C13H18N2O/c1-2-4-13(16)15-10-3-5-12(15)11-6-8-14-9-7-11/h6-9,12H,2-5,10H2,1H3. The third kappa shape index (κ3) is 2.23. The zero-order valence-corrected chi connectivity index (χ0v) is 9.72. The zero-order valence-electron chi connectivity index (χ0n) is 9.72. The van der Waals surface area contributed by atoms with Crippen LogP contribution >= 0.6 is 0 Å². The molecule has 0 saturated carbocycles. The molecule has 1 unspecified atom stereocenters. The Bertz CT molecular complexity index is 350. The number of hydrogen-bond acceptors (Lipinski definition) is 2. The number of amides is 1. The van der Waals surface area contributed by atoms with Gasteiger partial charge in [-0.25, -0.2) is 0 Å². The van der Waals surface area contributed by atoms with Gasteiger partial charge in [-0.15, -0.1) is 0 Å². The fourth-order valence-corrected chi connectivity index (χ4v) is 2.35. The number of carbonyl (C=O) groups is 1. The molecule has 1 aliphatic heterocycles. The molecule has 16 heavy (non-hydrogen) atoms. The minimum atomic E-state index is 0.280. The third-order valence-corrected chi connectivity index (χ3v) is 3.13. The summed E-state index contributed by atoms with van der Waals surface area (Å²) in [5.74, 6) is 0.293. The lowest BCUT2D eigenvalue weighted by molar-refractivity contribution is -0.132. The van der Waals surface area contributed by atoms with Gasteiger partial charge in [-0.2, -0.15) is 0 Å². The average Bonchev–Trinajstić information content (AvgIpc) is 2.79. The second-order valence-corrected chi connectivity index (χ2v) is 4.28. The zero-order chi connectivity index (χ0) is 11.4. The van der Waals surface area contributed by atoms with Gasteiger partial charge in [0.25, 0.3) is 0 Å². The summed E-state index contributed by atoms with van der Waals surface area (Å²) in [5, 5.41) is 0. The third-order valence-electron chi connectivity index (χ3n) is 3.13. The molecular weight excluding hydrogens is 200 g/mol. The Morgan fingerprint density at radius 3 is 2.94 bits per heavy atom. The van der Waals surface area contributed by atoms with Crippen LogP contribution in [0.3, 0.4) is 0 Å². The summed E-state index contributed by atoms with van der Waals surface area (Å²) in [7, 11) is 0. The maximum absolute atomic E-state index is 11.9. The van der Waals surface area contributed by atoms with Gasteiger partial charge >= 0.3 is 0 Å². The van der Waals surface area contributed by atoms with E-state index in [1.807, 2.05) is 17.0 Å². The van der Waals surface area contributed by atoms with E-state index < -0.39 is 0 Å². The summed E-state index contributed by atoms with van der Waals surface area (Å²) in [5.41, 5.74) is 1.22. The number of nitrogens with zero attached hydrogens (tertiary/aromatic N) is 2. The summed E-state index contributed by atoms with van der Waals surface area (Å²) in [6, 6.07) is 4.31. The molecule has 3 nitrogen and oxygen atoms in total. The van der Waals surface area contributed by atoms with Gasteiger partial charge in [-0.1, -0.05) is 6.92 Å². The summed E-state index contributed by atoms with van der Waals surface area (Å²) < 4.78 is 0. The predicted molar refractivity (Wildman–Crippen MR) is 62.8 cm³/mol. The Labute approximate surface area is 96.5 Å². The Balaban J connectivity index is 2.12. The van der Waals surface area contributed by atoms with Gasteiger partial charge in [0.15, 0.2) is 0 Å². The Kier molecular flexibility index (Phi) is 3.54. The highest BCUT2D eigenvalue weighted by atomic mass is 16.2. The molecule has 1 aliphatic rings. The lowest BCUT2D eigenvalue weighted by Gasteiger charge is -2.24. The molecule has 2 rings (SSSR count). The molecular formula is C13H18N2O. The second kappa shape index (κ2) is 5.10. The molecule has 0 aromatic carbocycles. The van der Waals surface area contributed by atoms with Crippen LogP contribution in [0.1, 0.15) is 44.2 Å². The molecule has 1 aromatic heterocycles. The van der Waals surface area contributed by atoms with Crippen LogP contribution in [0, 0.1) is 0 Å². The SMILES string of the molecule is CCCC(=O)N1CCCC1c1ccncc1. The second-order valence-electron chi connectivity index (χ2n) is 4.28. The van der Waals surface area contributed by atoms with Crippen molar-refractivity contribution in [3.63, 3.8) is 0 Å². The number of likely N-dealkylation sites (tertiary alicyclic amines) is 1. The van der Waals surface area contributed by atoms with E-state index in [0.29, 0.717) is 12.3 Å². The molecule has 1 fully saturated rings. The van der Waals surface area contributed by atoms with Crippen molar-refractivity contribution in [2.45, 2.75) is 38.6 Å². The summed E-state index contributed by atoms with van der Waals surface area (Å²) in [6.07, 6.45) is 7.40. The quantitative estimate of drug-likeness (QED) is 0.781. The van der Waals surface area contributed by atoms with Crippen LogP contribution < -0.4 is 0 Å². The lowest BCUT2D eigenvalue weighted by Crippen LogP contribution is -2.30. The molecule has 0 spiro atoms. The molecule has 86 valence electrons. The molecule has 0 radical (unpaired) electrons. The molecule has 2 heterocycles. The van der Waals surface area contributed by atoms with Crippen molar-refractivity contribution < 1.29 is 4.79 Å². The fraction of sp³-hybridized carbons (Fsp3) is 0.538. The molecule has 1 amide bonds. The van der Waals surface area contributed by atoms with Gasteiger partial charge in [-0.3, -0.25) is 9.78 Å². The number of aromatic nitrogens is 1. The molecule has 1 saturated heterocycles. The van der Waals surface area contributed by atoms with Gasteiger partial charge in [0.2, 0.25) is 5.91 Å². The van der Waals surface area contributed by atoms with E-state index in [4.69, 9.17) is 0 Å². The van der Waals surface area contributed by atoms with Crippen molar-refractivity contribution in [1.29, 1.82) is 0 Å². The molecule has 0 bridgehead atoms. The fourth-order valence-electron chi connectivity index (χ4n) is 2.35. The van der Waals surface area contributed by atoms with Gasteiger partial charge in [0, 0.05) is 25.4 Å². The summed E-state index contributed by atoms with van der Waals surface area (Å²) in [4.78, 5) is 18.0. The first kappa shape index (κ1) is 11.1. The van der Waals surface area contributed by atoms with E-state index in [1.54, 1.807) is 12.4 Å². The molecule has 3 heteroatoms. The van der Waals surface area contributed by atoms with E-state index in [2.05, 4.69) is 11.9 Å². The predicted octanol–water partition coefficient (Wildman–Crippen LogP) is 2.55. The van der Waals surface area contributed by atoms with Crippen LogP contribution in [0.5, 0.6) is 0 Å². The topological polar surface area (TPSA) is 33.2 Å². The van der Waals surface area contributed by atoms with Crippen molar-refractivity contribution in [2.75, 3.05) is 6.54 Å². The van der Waals surface area contributed by atoms with E-state index in [-0.39, 0.29) is 6.04 Å². The Hall–Kier alpha value is -1.38. The normalized spacial score (nSPS) is 20.1. The van der Waals surface area contributed by atoms with Crippen LogP contribution in [0.4, 0.5) is 0 Å². The van der Waals surface area contributed by atoms with E-state index in [1.165, 1.54) is 5.56 Å². The van der Waals surface area contributed by atoms with Gasteiger partial charge in [-0.05, 0) is 37.0 Å². The van der Waals surface area contributed by atoms with E-state index >= 15 is 0 Å². The van der Waals surface area contributed by atoms with Crippen molar-refractivity contribution in [3.8, 4) is 0 Å². The maximum Gasteiger partial charge on any atom is 0.223 e. The van der Waals surface area contributed by atoms with Crippen LogP contribution in [0.25, 0.3) is 0 Å². The van der Waals surface area contributed by atoms with Crippen LogP contribution in [0.2, 0.25) is 0 Å². The van der Waals surface area contributed by atoms with Crippen molar-refractivity contribution in [2.24, 2.45) is 0 Å². The number of carbonyl (C=O) groups excluding carboxylic acids is 1. The molecule has 1 aromatic rings. The Morgan fingerprint density at radius 2 is 2.25 bits per heavy atom. The van der Waals surface area contributed by atoms with Crippen molar-refractivity contribution >= 4 is 5.91 Å². The summed E-state index contributed by atoms with van der Waals surface area (Å²) >= 11 is 0. The monoisotopic (exact) mass is 218 g/mol.